The van der Waals surface area contributed by atoms with Crippen LogP contribution < -0.4 is 0 Å². The summed E-state index contributed by atoms with van der Waals surface area (Å²) in [6.45, 7) is 0. The van der Waals surface area contributed by atoms with E-state index in [1.807, 2.05) is 12.1 Å². The quantitative estimate of drug-likeness (QED) is 0.170. The largest absolute Gasteiger partial charge is 0.452 e. The fourth-order valence-corrected chi connectivity index (χ4v) is 9.34. The van der Waals surface area contributed by atoms with Crippen molar-refractivity contribution in [3.8, 4) is 22.3 Å². The molecule has 2 aromatic heterocycles. The maximum absolute atomic E-state index is 6.48. The summed E-state index contributed by atoms with van der Waals surface area (Å²) in [7, 11) is 0. The first-order valence-electron chi connectivity index (χ1n) is 19.4. The third kappa shape index (κ3) is 4.76. The number of rotatable bonds is 4. The maximum atomic E-state index is 6.48. The molecule has 1 atom stereocenters. The number of benzene rings is 9. The third-order valence-electron chi connectivity index (χ3n) is 12.0. The van der Waals surface area contributed by atoms with Gasteiger partial charge >= 0.3 is 0 Å². The fraction of sp³-hybridized carbons (Fsp3) is 0.0370. The molecule has 0 amide bonds. The molecule has 0 saturated heterocycles. The van der Waals surface area contributed by atoms with Crippen LogP contribution in [0.3, 0.4) is 0 Å². The molecule has 2 heteroatoms. The standard InChI is InChI=1S/C54H34O2/c1-2-11-36-30-38(25-22-33(36)10-1)34-20-23-35(24-21-34)51-42-15-3-5-17-44(42)52(45-18-6-4-16-43(45)51)40-13-9-12-37(31-40)39-26-29-50-48(32-39)47-28-27-46-41-14-7-8-19-49(41)55-53(46)54(47)56-50/h1-23,25-32,35H,24H2. The highest BCUT2D eigenvalue weighted by atomic mass is 16.4. The van der Waals surface area contributed by atoms with Crippen molar-refractivity contribution in [2.75, 3.05) is 0 Å². The smallest absolute Gasteiger partial charge is 0.178 e. The van der Waals surface area contributed by atoms with Gasteiger partial charge in [-0.05, 0) is 120 Å². The molecule has 0 spiro atoms. The molecule has 1 aliphatic carbocycles. The normalized spacial score (nSPS) is 14.6. The van der Waals surface area contributed by atoms with E-state index in [2.05, 4.69) is 176 Å². The highest BCUT2D eigenvalue weighted by Crippen LogP contribution is 2.46. The van der Waals surface area contributed by atoms with Gasteiger partial charge in [0.15, 0.2) is 11.2 Å². The zero-order valence-electron chi connectivity index (χ0n) is 30.5. The van der Waals surface area contributed by atoms with Crippen LogP contribution in [-0.4, -0.2) is 0 Å². The molecule has 1 unspecified atom stereocenters. The number of hydrogen-bond acceptors (Lipinski definition) is 2. The Balaban J connectivity index is 0.959. The summed E-state index contributed by atoms with van der Waals surface area (Å²) >= 11 is 0. The molecule has 0 fully saturated rings. The lowest BCUT2D eigenvalue weighted by molar-refractivity contribution is 0.633. The van der Waals surface area contributed by atoms with Gasteiger partial charge in [0, 0.05) is 27.5 Å². The molecule has 0 saturated carbocycles. The van der Waals surface area contributed by atoms with Gasteiger partial charge in [-0.3, -0.25) is 0 Å². The Morgan fingerprint density at radius 1 is 0.393 bits per heavy atom. The SMILES string of the molecule is C1=CC(c2c3ccccc3c(-c3cccc(-c4ccc5oc6c(ccc7c8ccccc8oc76)c5c4)c3)c3ccccc23)CC=C1c1ccc2ccccc2c1. The molecule has 2 nitrogen and oxygen atoms in total. The van der Waals surface area contributed by atoms with Crippen LogP contribution in [-0.2, 0) is 0 Å². The zero-order chi connectivity index (χ0) is 36.7. The van der Waals surface area contributed by atoms with E-state index >= 15 is 0 Å². The Kier molecular flexibility index (Phi) is 6.79. The van der Waals surface area contributed by atoms with Crippen LogP contribution >= 0.6 is 0 Å². The molecule has 9 aromatic carbocycles. The van der Waals surface area contributed by atoms with Crippen molar-refractivity contribution in [3.63, 3.8) is 0 Å². The molecule has 12 rings (SSSR count). The summed E-state index contributed by atoms with van der Waals surface area (Å²) in [5, 5.41) is 12.1. The van der Waals surface area contributed by atoms with Crippen molar-refractivity contribution < 1.29 is 8.83 Å². The minimum Gasteiger partial charge on any atom is -0.452 e. The van der Waals surface area contributed by atoms with E-state index in [0.717, 1.165) is 55.9 Å². The van der Waals surface area contributed by atoms with E-state index in [1.165, 1.54) is 65.7 Å². The first kappa shape index (κ1) is 31.2. The van der Waals surface area contributed by atoms with Crippen molar-refractivity contribution in [3.05, 3.63) is 199 Å². The van der Waals surface area contributed by atoms with Gasteiger partial charge in [0.1, 0.15) is 11.2 Å². The zero-order valence-corrected chi connectivity index (χ0v) is 30.5. The lowest BCUT2D eigenvalue weighted by atomic mass is 9.80. The molecule has 0 radical (unpaired) electrons. The van der Waals surface area contributed by atoms with Crippen LogP contribution in [0.2, 0.25) is 0 Å². The van der Waals surface area contributed by atoms with E-state index in [9.17, 15) is 0 Å². The molecule has 0 bridgehead atoms. The second-order valence-corrected chi connectivity index (χ2v) is 15.1. The average Bonchev–Trinajstić information content (AvgIpc) is 3.84. The molecule has 1 aliphatic rings. The highest BCUT2D eigenvalue weighted by molar-refractivity contribution is 6.19. The first-order chi connectivity index (χ1) is 27.7. The molecule has 262 valence electrons. The minimum atomic E-state index is 0.270. The minimum absolute atomic E-state index is 0.270. The summed E-state index contributed by atoms with van der Waals surface area (Å²) in [4.78, 5) is 0. The van der Waals surface area contributed by atoms with E-state index in [1.54, 1.807) is 0 Å². The predicted octanol–water partition coefficient (Wildman–Crippen LogP) is 15.4. The number of hydrogen-bond donors (Lipinski definition) is 0. The van der Waals surface area contributed by atoms with Crippen LogP contribution in [0.4, 0.5) is 0 Å². The van der Waals surface area contributed by atoms with E-state index in [0.29, 0.717) is 0 Å². The van der Waals surface area contributed by atoms with Crippen molar-refractivity contribution in [2.45, 2.75) is 12.3 Å². The Bertz CT molecular complexity index is 3400. The van der Waals surface area contributed by atoms with Crippen LogP contribution in [0.1, 0.15) is 23.5 Å². The monoisotopic (exact) mass is 714 g/mol. The van der Waals surface area contributed by atoms with Crippen molar-refractivity contribution in [2.24, 2.45) is 0 Å². The molecular formula is C54H34O2. The van der Waals surface area contributed by atoms with Gasteiger partial charge in [0.2, 0.25) is 0 Å². The first-order valence-corrected chi connectivity index (χ1v) is 19.4. The predicted molar refractivity (Wildman–Crippen MR) is 235 cm³/mol. The van der Waals surface area contributed by atoms with Crippen LogP contribution in [0.5, 0.6) is 0 Å². The van der Waals surface area contributed by atoms with Gasteiger partial charge in [-0.1, -0.05) is 146 Å². The summed E-state index contributed by atoms with van der Waals surface area (Å²) in [5.74, 6) is 0.270. The molecule has 0 N–H and O–H groups in total. The number of allylic oxidation sites excluding steroid dienone is 4. The molecular weight excluding hydrogens is 681 g/mol. The number of para-hydroxylation sites is 1. The molecule has 11 aromatic rings. The topological polar surface area (TPSA) is 26.3 Å². The summed E-state index contributed by atoms with van der Waals surface area (Å²) in [6, 6.07) is 61.5. The maximum Gasteiger partial charge on any atom is 0.178 e. The van der Waals surface area contributed by atoms with Crippen molar-refractivity contribution in [1.82, 2.24) is 0 Å². The highest BCUT2D eigenvalue weighted by Gasteiger charge is 2.22. The van der Waals surface area contributed by atoms with Gasteiger partial charge < -0.3 is 8.83 Å². The average molecular weight is 715 g/mol. The van der Waals surface area contributed by atoms with E-state index in [-0.39, 0.29) is 5.92 Å². The van der Waals surface area contributed by atoms with Gasteiger partial charge in [-0.25, -0.2) is 0 Å². The third-order valence-corrected chi connectivity index (χ3v) is 12.0. The summed E-state index contributed by atoms with van der Waals surface area (Å²) in [6.07, 6.45) is 8.14. The van der Waals surface area contributed by atoms with Crippen LogP contribution in [0, 0.1) is 0 Å². The van der Waals surface area contributed by atoms with Crippen LogP contribution in [0.25, 0.3) is 104 Å². The Labute approximate surface area is 323 Å². The Morgan fingerprint density at radius 2 is 1.00 bits per heavy atom. The van der Waals surface area contributed by atoms with Gasteiger partial charge in [0.05, 0.1) is 0 Å². The second-order valence-electron chi connectivity index (χ2n) is 15.1. The lowest BCUT2D eigenvalue weighted by Crippen LogP contribution is -2.02. The van der Waals surface area contributed by atoms with Gasteiger partial charge in [0.25, 0.3) is 0 Å². The van der Waals surface area contributed by atoms with E-state index < -0.39 is 0 Å². The second kappa shape index (κ2) is 12.2. The molecule has 56 heavy (non-hydrogen) atoms. The van der Waals surface area contributed by atoms with Crippen LogP contribution in [0.15, 0.2) is 197 Å². The Morgan fingerprint density at radius 3 is 1.75 bits per heavy atom. The Hall–Kier alpha value is -7.16. The van der Waals surface area contributed by atoms with Crippen molar-refractivity contribution in [1.29, 1.82) is 0 Å². The fourth-order valence-electron chi connectivity index (χ4n) is 9.34. The van der Waals surface area contributed by atoms with Gasteiger partial charge in [-0.2, -0.15) is 0 Å². The molecule has 0 aliphatic heterocycles. The molecule has 2 heterocycles. The van der Waals surface area contributed by atoms with Crippen molar-refractivity contribution >= 4 is 81.8 Å². The summed E-state index contributed by atoms with van der Waals surface area (Å²) in [5.41, 5.74) is 12.1. The summed E-state index contributed by atoms with van der Waals surface area (Å²) < 4.78 is 12.8. The number of fused-ring (bicyclic) bond motifs is 10. The van der Waals surface area contributed by atoms with E-state index in [4.69, 9.17) is 8.83 Å². The lowest BCUT2D eigenvalue weighted by Gasteiger charge is -2.23. The number of furan rings is 2. The van der Waals surface area contributed by atoms with Gasteiger partial charge in [-0.15, -0.1) is 0 Å².